The molecule has 1 aliphatic rings. The van der Waals surface area contributed by atoms with E-state index < -0.39 is 0 Å². The molecule has 4 aromatic rings. The van der Waals surface area contributed by atoms with Gasteiger partial charge < -0.3 is 25.2 Å². The van der Waals surface area contributed by atoms with Crippen molar-refractivity contribution in [3.05, 3.63) is 90.0 Å². The Morgan fingerprint density at radius 2 is 1.71 bits per heavy atom. The van der Waals surface area contributed by atoms with Gasteiger partial charge in [-0.25, -0.2) is 0 Å². The first kappa shape index (κ1) is 25.5. The number of phenols is 2. The Kier molecular flexibility index (Phi) is 7.72. The number of aromatic hydroxyl groups is 2. The number of benzene rings is 3. The summed E-state index contributed by atoms with van der Waals surface area (Å²) in [6.45, 7) is 3.36. The molecule has 1 aliphatic heterocycles. The summed E-state index contributed by atoms with van der Waals surface area (Å²) in [4.78, 5) is 28.0. The molecule has 0 spiro atoms. The predicted molar refractivity (Wildman–Crippen MR) is 149 cm³/mol. The third-order valence-corrected chi connectivity index (χ3v) is 7.59. The van der Waals surface area contributed by atoms with E-state index in [9.17, 15) is 19.8 Å². The topological polar surface area (TPSA) is 99.1 Å². The van der Waals surface area contributed by atoms with Gasteiger partial charge in [0.05, 0.1) is 0 Å². The van der Waals surface area contributed by atoms with Crippen LogP contribution in [0.3, 0.4) is 0 Å². The number of amides is 1. The smallest absolute Gasteiger partial charge is 0.246 e. The number of fused-ring (bicyclic) bond motifs is 1. The van der Waals surface area contributed by atoms with Crippen LogP contribution in [0.1, 0.15) is 22.3 Å². The minimum atomic E-state index is -0.127. The number of carbonyl (C=O) groups excluding carboxylic acids is 2. The summed E-state index contributed by atoms with van der Waals surface area (Å²) in [6, 6.07) is 18.8. The van der Waals surface area contributed by atoms with E-state index in [-0.39, 0.29) is 23.2 Å². The number of nitrogens with one attached hydrogen (secondary N) is 1. The fraction of sp³-hybridized carbons (Fsp3) is 0.200. The van der Waals surface area contributed by atoms with E-state index in [1.54, 1.807) is 72.8 Å². The van der Waals surface area contributed by atoms with Crippen LogP contribution in [0.2, 0.25) is 0 Å². The van der Waals surface area contributed by atoms with E-state index >= 15 is 0 Å². The Morgan fingerprint density at radius 1 is 0.974 bits per heavy atom. The van der Waals surface area contributed by atoms with Crippen LogP contribution in [0.4, 0.5) is 0 Å². The minimum Gasteiger partial charge on any atom is -0.508 e. The molecule has 8 heteroatoms. The number of hydrogen-bond acceptors (Lipinski definition) is 7. The van der Waals surface area contributed by atoms with Crippen molar-refractivity contribution in [1.82, 2.24) is 10.2 Å². The van der Waals surface area contributed by atoms with Gasteiger partial charge >= 0.3 is 0 Å². The Morgan fingerprint density at radius 3 is 2.42 bits per heavy atom. The second-order valence-electron chi connectivity index (χ2n) is 9.02. The van der Waals surface area contributed by atoms with E-state index in [4.69, 9.17) is 4.74 Å². The van der Waals surface area contributed by atoms with Crippen molar-refractivity contribution < 1.29 is 24.5 Å². The van der Waals surface area contributed by atoms with E-state index in [0.717, 1.165) is 40.0 Å². The third-order valence-electron chi connectivity index (χ3n) is 6.38. The highest BCUT2D eigenvalue weighted by atomic mass is 32.1. The van der Waals surface area contributed by atoms with Crippen LogP contribution in [0, 0.1) is 0 Å². The van der Waals surface area contributed by atoms with Crippen LogP contribution in [0.5, 0.6) is 17.2 Å². The lowest BCUT2D eigenvalue weighted by atomic mass is 9.97. The standard InChI is InChI=1S/C30H28N2O5S/c33-22-8-4-21(5-9-22)30-28(25-13-10-23(34)19-26(25)38-30)29(36)20-6-11-24(12-7-20)37-18-15-31-14-1-3-27(35)32-16-2-17-32/h1,3-13,19,31,33-34H,2,14-18H2/b3-1+. The molecule has 3 aromatic carbocycles. The molecule has 0 radical (unpaired) electrons. The Bertz CT molecular complexity index is 1470. The summed E-state index contributed by atoms with van der Waals surface area (Å²) in [5, 5.41) is 23.6. The van der Waals surface area contributed by atoms with E-state index in [1.165, 1.54) is 11.3 Å². The van der Waals surface area contributed by atoms with Crippen LogP contribution in [-0.2, 0) is 4.79 Å². The monoisotopic (exact) mass is 528 g/mol. The van der Waals surface area contributed by atoms with Crippen LogP contribution in [0.25, 0.3) is 20.5 Å². The molecule has 0 bridgehead atoms. The quantitative estimate of drug-likeness (QED) is 0.153. The number of carbonyl (C=O) groups is 2. The molecule has 0 unspecified atom stereocenters. The van der Waals surface area contributed by atoms with Gasteiger partial charge in [0.2, 0.25) is 5.91 Å². The molecule has 0 atom stereocenters. The summed E-state index contributed by atoms with van der Waals surface area (Å²) < 4.78 is 6.60. The Balaban J connectivity index is 1.23. The van der Waals surface area contributed by atoms with Gasteiger partial charge in [-0.05, 0) is 78.7 Å². The molecule has 1 saturated heterocycles. The first-order valence-corrected chi connectivity index (χ1v) is 13.3. The predicted octanol–water partition coefficient (Wildman–Crippen LogP) is 4.97. The van der Waals surface area contributed by atoms with E-state index in [0.29, 0.717) is 36.6 Å². The second-order valence-corrected chi connectivity index (χ2v) is 10.1. The number of ether oxygens (including phenoxy) is 1. The fourth-order valence-corrected chi connectivity index (χ4v) is 5.44. The number of thiophene rings is 1. The molecule has 1 aromatic heterocycles. The zero-order valence-electron chi connectivity index (χ0n) is 20.7. The summed E-state index contributed by atoms with van der Waals surface area (Å²) in [7, 11) is 0. The molecule has 7 nitrogen and oxygen atoms in total. The van der Waals surface area contributed by atoms with Crippen molar-refractivity contribution in [2.45, 2.75) is 6.42 Å². The van der Waals surface area contributed by atoms with Crippen molar-refractivity contribution >= 4 is 33.1 Å². The van der Waals surface area contributed by atoms with Crippen LogP contribution >= 0.6 is 11.3 Å². The fourth-order valence-electron chi connectivity index (χ4n) is 4.20. The zero-order valence-corrected chi connectivity index (χ0v) is 21.5. The third kappa shape index (κ3) is 5.72. The van der Waals surface area contributed by atoms with Gasteiger partial charge in [0.25, 0.3) is 0 Å². The maximum absolute atomic E-state index is 13.7. The normalized spacial score (nSPS) is 13.1. The summed E-state index contributed by atoms with van der Waals surface area (Å²) in [6.07, 6.45) is 4.51. The number of ketones is 1. The van der Waals surface area contributed by atoms with E-state index in [1.807, 2.05) is 11.0 Å². The lowest BCUT2D eigenvalue weighted by molar-refractivity contribution is -0.129. The zero-order chi connectivity index (χ0) is 26.5. The van der Waals surface area contributed by atoms with Gasteiger partial charge in [-0.15, -0.1) is 11.3 Å². The van der Waals surface area contributed by atoms with Crippen LogP contribution < -0.4 is 10.1 Å². The Labute approximate surface area is 224 Å². The Hall–Kier alpha value is -4.14. The van der Waals surface area contributed by atoms with Crippen molar-refractivity contribution in [2.24, 2.45) is 0 Å². The average molecular weight is 529 g/mol. The molecule has 5 rings (SSSR count). The van der Waals surface area contributed by atoms with Crippen LogP contribution in [-0.4, -0.2) is 59.6 Å². The van der Waals surface area contributed by atoms with Crippen molar-refractivity contribution in [3.63, 3.8) is 0 Å². The molecule has 1 amide bonds. The van der Waals surface area contributed by atoms with Crippen molar-refractivity contribution in [1.29, 1.82) is 0 Å². The second kappa shape index (κ2) is 11.5. The highest BCUT2D eigenvalue weighted by molar-refractivity contribution is 7.22. The number of rotatable bonds is 10. The van der Waals surface area contributed by atoms with Crippen molar-refractivity contribution in [3.8, 4) is 27.7 Å². The molecule has 38 heavy (non-hydrogen) atoms. The molecule has 3 N–H and O–H groups in total. The molecular formula is C30H28N2O5S. The molecule has 1 fully saturated rings. The SMILES string of the molecule is O=C(c1ccc(OCCNC/C=C/C(=O)N2CCC2)cc1)c1c(-c2ccc(O)cc2)sc2cc(O)ccc12. The summed E-state index contributed by atoms with van der Waals surface area (Å²) in [5.74, 6) is 0.887. The maximum atomic E-state index is 13.7. The highest BCUT2D eigenvalue weighted by Crippen LogP contribution is 2.41. The number of phenolic OH excluding ortho intramolecular Hbond substituents is 2. The number of hydrogen-bond donors (Lipinski definition) is 3. The van der Waals surface area contributed by atoms with Crippen LogP contribution in [0.15, 0.2) is 78.9 Å². The lowest BCUT2D eigenvalue weighted by Crippen LogP contribution is -2.41. The van der Waals surface area contributed by atoms with Gasteiger partial charge in [0.15, 0.2) is 5.78 Å². The molecule has 194 valence electrons. The van der Waals surface area contributed by atoms with Crippen molar-refractivity contribution in [2.75, 3.05) is 32.8 Å². The molecule has 2 heterocycles. The first-order valence-electron chi connectivity index (χ1n) is 12.5. The maximum Gasteiger partial charge on any atom is 0.246 e. The van der Waals surface area contributed by atoms with Gasteiger partial charge in [-0.3, -0.25) is 9.59 Å². The van der Waals surface area contributed by atoms with Gasteiger partial charge in [-0.1, -0.05) is 6.08 Å². The molecule has 0 saturated carbocycles. The largest absolute Gasteiger partial charge is 0.508 e. The summed E-state index contributed by atoms with van der Waals surface area (Å²) >= 11 is 1.43. The van der Waals surface area contributed by atoms with E-state index in [2.05, 4.69) is 5.32 Å². The lowest BCUT2D eigenvalue weighted by Gasteiger charge is -2.29. The number of nitrogens with zero attached hydrogens (tertiary/aromatic N) is 1. The highest BCUT2D eigenvalue weighted by Gasteiger charge is 2.22. The minimum absolute atomic E-state index is 0.0627. The van der Waals surface area contributed by atoms with Gasteiger partial charge in [-0.2, -0.15) is 0 Å². The first-order chi connectivity index (χ1) is 18.5. The summed E-state index contributed by atoms with van der Waals surface area (Å²) in [5.41, 5.74) is 1.91. The molecule has 0 aliphatic carbocycles. The van der Waals surface area contributed by atoms with Gasteiger partial charge in [0.1, 0.15) is 23.9 Å². The number of likely N-dealkylation sites (tertiary alicyclic amines) is 1. The average Bonchev–Trinajstić information content (AvgIpc) is 3.26. The van der Waals surface area contributed by atoms with Gasteiger partial charge in [0, 0.05) is 58.3 Å². The molecular weight excluding hydrogens is 500 g/mol.